The summed E-state index contributed by atoms with van der Waals surface area (Å²) in [5.41, 5.74) is 3.92. The second kappa shape index (κ2) is 6.17. The highest BCUT2D eigenvalue weighted by molar-refractivity contribution is 7.98. The summed E-state index contributed by atoms with van der Waals surface area (Å²) < 4.78 is 5.90. The van der Waals surface area contributed by atoms with Crippen LogP contribution in [0.1, 0.15) is 43.0 Å². The molecule has 0 bridgehead atoms. The van der Waals surface area contributed by atoms with Gasteiger partial charge in [-0.05, 0) is 41.8 Å². The van der Waals surface area contributed by atoms with Crippen molar-refractivity contribution in [2.45, 2.75) is 38.5 Å². The summed E-state index contributed by atoms with van der Waals surface area (Å²) in [4.78, 5) is 0. The van der Waals surface area contributed by atoms with E-state index in [-0.39, 0.29) is 0 Å². The van der Waals surface area contributed by atoms with Crippen LogP contribution in [0.2, 0.25) is 5.02 Å². The van der Waals surface area contributed by atoms with Crippen molar-refractivity contribution in [2.24, 2.45) is 5.92 Å². The van der Waals surface area contributed by atoms with Gasteiger partial charge in [0, 0.05) is 28.8 Å². The second-order valence-electron chi connectivity index (χ2n) is 5.76. The average molecular weight is 312 g/mol. The van der Waals surface area contributed by atoms with Crippen LogP contribution in [0.25, 0.3) is 0 Å². The van der Waals surface area contributed by atoms with E-state index in [1.54, 1.807) is 0 Å². The maximum atomic E-state index is 6.63. The maximum Gasteiger partial charge on any atom is 0.127 e. The topological polar surface area (TPSA) is 21.3 Å². The molecule has 2 unspecified atom stereocenters. The van der Waals surface area contributed by atoms with Gasteiger partial charge in [-0.1, -0.05) is 25.4 Å². The van der Waals surface area contributed by atoms with Crippen LogP contribution < -0.4 is 10.1 Å². The predicted octanol–water partition coefficient (Wildman–Crippen LogP) is 4.20. The minimum Gasteiger partial charge on any atom is -0.493 e. The van der Waals surface area contributed by atoms with Gasteiger partial charge >= 0.3 is 0 Å². The molecule has 1 aromatic rings. The van der Waals surface area contributed by atoms with Crippen molar-refractivity contribution < 1.29 is 4.74 Å². The van der Waals surface area contributed by atoms with Crippen molar-refractivity contribution in [3.05, 3.63) is 27.8 Å². The molecule has 0 radical (unpaired) electrons. The number of thioether (sulfide) groups is 1. The van der Waals surface area contributed by atoms with E-state index in [2.05, 4.69) is 25.2 Å². The molecule has 1 N–H and O–H groups in total. The summed E-state index contributed by atoms with van der Waals surface area (Å²) in [6.07, 6.45) is 2.14. The number of nitrogens with one attached hydrogen (secondary N) is 1. The Morgan fingerprint density at radius 1 is 1.50 bits per heavy atom. The third kappa shape index (κ3) is 2.56. The molecule has 3 rings (SSSR count). The summed E-state index contributed by atoms with van der Waals surface area (Å²) in [6, 6.07) is 2.48. The standard InChI is InChI=1S/C16H22ClNOS/c1-3-5-18-15-10(2)8-20-9-12-14(15)13(17)7-11-4-6-19-16(11)12/h7,10,15,18H,3-6,8-9H2,1-2H3. The summed E-state index contributed by atoms with van der Waals surface area (Å²) in [6.45, 7) is 6.36. The van der Waals surface area contributed by atoms with Gasteiger partial charge in [0.15, 0.2) is 0 Å². The molecule has 110 valence electrons. The van der Waals surface area contributed by atoms with Crippen molar-refractivity contribution >= 4 is 23.4 Å². The first-order chi connectivity index (χ1) is 9.72. The Kier molecular flexibility index (Phi) is 4.49. The van der Waals surface area contributed by atoms with E-state index in [0.717, 1.165) is 42.5 Å². The molecule has 20 heavy (non-hydrogen) atoms. The monoisotopic (exact) mass is 311 g/mol. The molecule has 0 fully saturated rings. The van der Waals surface area contributed by atoms with Crippen LogP contribution in [-0.4, -0.2) is 18.9 Å². The minimum atomic E-state index is 0.349. The summed E-state index contributed by atoms with van der Waals surface area (Å²) >= 11 is 8.63. The summed E-state index contributed by atoms with van der Waals surface area (Å²) in [5.74, 6) is 3.90. The lowest BCUT2D eigenvalue weighted by atomic mass is 9.90. The van der Waals surface area contributed by atoms with Crippen molar-refractivity contribution in [3.8, 4) is 5.75 Å². The Bertz CT molecular complexity index is 506. The quantitative estimate of drug-likeness (QED) is 0.904. The molecule has 0 aromatic heterocycles. The zero-order chi connectivity index (χ0) is 14.1. The molecule has 2 nitrogen and oxygen atoms in total. The van der Waals surface area contributed by atoms with Gasteiger partial charge in [-0.15, -0.1) is 0 Å². The maximum absolute atomic E-state index is 6.63. The van der Waals surface area contributed by atoms with Crippen molar-refractivity contribution in [3.63, 3.8) is 0 Å². The van der Waals surface area contributed by atoms with Gasteiger partial charge in [0.25, 0.3) is 0 Å². The fraction of sp³-hybridized carbons (Fsp3) is 0.625. The molecule has 2 aliphatic rings. The molecular weight excluding hydrogens is 290 g/mol. The van der Waals surface area contributed by atoms with Gasteiger partial charge in [-0.2, -0.15) is 11.8 Å². The zero-order valence-electron chi connectivity index (χ0n) is 12.2. The predicted molar refractivity (Wildman–Crippen MR) is 87.0 cm³/mol. The highest BCUT2D eigenvalue weighted by Crippen LogP contribution is 2.45. The van der Waals surface area contributed by atoms with Crippen LogP contribution in [0.3, 0.4) is 0 Å². The highest BCUT2D eigenvalue weighted by atomic mass is 35.5. The zero-order valence-corrected chi connectivity index (χ0v) is 13.7. The lowest BCUT2D eigenvalue weighted by Crippen LogP contribution is -2.29. The second-order valence-corrected chi connectivity index (χ2v) is 7.20. The average Bonchev–Trinajstić information content (AvgIpc) is 2.82. The van der Waals surface area contributed by atoms with Crippen LogP contribution in [0.5, 0.6) is 5.75 Å². The van der Waals surface area contributed by atoms with Crippen LogP contribution in [-0.2, 0) is 12.2 Å². The van der Waals surface area contributed by atoms with Gasteiger partial charge in [-0.3, -0.25) is 0 Å². The Hall–Kier alpha value is -0.380. The number of hydrogen-bond acceptors (Lipinski definition) is 3. The fourth-order valence-electron chi connectivity index (χ4n) is 3.20. The SMILES string of the molecule is CCCNC1c2c(Cl)cc3c(c2CSCC1C)OCC3. The lowest BCUT2D eigenvalue weighted by Gasteiger charge is -2.26. The molecule has 0 saturated carbocycles. The fourth-order valence-corrected chi connectivity index (χ4v) is 4.73. The largest absolute Gasteiger partial charge is 0.493 e. The van der Waals surface area contributed by atoms with Crippen LogP contribution in [0.4, 0.5) is 0 Å². The van der Waals surface area contributed by atoms with E-state index in [4.69, 9.17) is 16.3 Å². The molecule has 0 spiro atoms. The molecule has 0 aliphatic carbocycles. The van der Waals surface area contributed by atoms with Crippen molar-refractivity contribution in [1.82, 2.24) is 5.32 Å². The highest BCUT2D eigenvalue weighted by Gasteiger charge is 2.31. The van der Waals surface area contributed by atoms with Crippen molar-refractivity contribution in [1.29, 1.82) is 0 Å². The first kappa shape index (κ1) is 14.6. The van der Waals surface area contributed by atoms with E-state index >= 15 is 0 Å². The van der Waals surface area contributed by atoms with E-state index in [1.807, 2.05) is 11.8 Å². The summed E-state index contributed by atoms with van der Waals surface area (Å²) in [7, 11) is 0. The third-order valence-corrected chi connectivity index (χ3v) is 5.76. The molecule has 0 amide bonds. The van der Waals surface area contributed by atoms with Crippen LogP contribution >= 0.6 is 23.4 Å². The van der Waals surface area contributed by atoms with Gasteiger partial charge in [0.05, 0.1) is 6.61 Å². The van der Waals surface area contributed by atoms with Gasteiger partial charge in [0.1, 0.15) is 5.75 Å². The molecule has 0 saturated heterocycles. The number of rotatable bonds is 3. The van der Waals surface area contributed by atoms with Gasteiger partial charge in [0.2, 0.25) is 0 Å². The van der Waals surface area contributed by atoms with E-state index in [9.17, 15) is 0 Å². The lowest BCUT2D eigenvalue weighted by molar-refractivity contribution is 0.352. The van der Waals surface area contributed by atoms with Crippen molar-refractivity contribution in [2.75, 3.05) is 18.9 Å². The van der Waals surface area contributed by atoms with E-state index < -0.39 is 0 Å². The van der Waals surface area contributed by atoms with E-state index in [0.29, 0.717) is 12.0 Å². The molecule has 1 aromatic carbocycles. The van der Waals surface area contributed by atoms with Crippen LogP contribution in [0.15, 0.2) is 6.07 Å². The Labute approximate surface area is 130 Å². The number of halogens is 1. The normalized spacial score (nSPS) is 24.8. The molecule has 2 heterocycles. The molecule has 4 heteroatoms. The number of ether oxygens (including phenoxy) is 1. The van der Waals surface area contributed by atoms with Crippen LogP contribution in [0, 0.1) is 5.92 Å². The third-order valence-electron chi connectivity index (χ3n) is 4.19. The Balaban J connectivity index is 2.07. The molecule has 2 aliphatic heterocycles. The van der Waals surface area contributed by atoms with Gasteiger partial charge in [-0.25, -0.2) is 0 Å². The van der Waals surface area contributed by atoms with Gasteiger partial charge < -0.3 is 10.1 Å². The Morgan fingerprint density at radius 3 is 3.15 bits per heavy atom. The molecular formula is C16H22ClNOS. The number of fused-ring (bicyclic) bond motifs is 3. The number of hydrogen-bond donors (Lipinski definition) is 1. The van der Waals surface area contributed by atoms with E-state index in [1.165, 1.54) is 22.4 Å². The first-order valence-corrected chi connectivity index (χ1v) is 9.03. The molecule has 2 atom stereocenters. The number of benzene rings is 1. The summed E-state index contributed by atoms with van der Waals surface area (Å²) in [5, 5.41) is 4.62. The smallest absolute Gasteiger partial charge is 0.127 e. The first-order valence-electron chi connectivity index (χ1n) is 7.50. The Morgan fingerprint density at radius 2 is 2.35 bits per heavy atom. The minimum absolute atomic E-state index is 0.349.